The van der Waals surface area contributed by atoms with Gasteiger partial charge >= 0.3 is 0 Å². The van der Waals surface area contributed by atoms with E-state index in [0.717, 1.165) is 12.0 Å². The van der Waals surface area contributed by atoms with Crippen LogP contribution in [0.5, 0.6) is 0 Å². The molecule has 0 aliphatic carbocycles. The third-order valence-corrected chi connectivity index (χ3v) is 4.22. The molecule has 1 rings (SSSR count). The molecular weight excluding hydrogens is 250 g/mol. The molecule has 0 amide bonds. The molecule has 0 aromatic heterocycles. The zero-order valence-corrected chi connectivity index (χ0v) is 11.4. The monoisotopic (exact) mass is 264 g/mol. The van der Waals surface area contributed by atoms with Gasteiger partial charge in [-0.3, -0.25) is 0 Å². The van der Waals surface area contributed by atoms with E-state index in [0.29, 0.717) is 10.0 Å². The Morgan fingerprint density at radius 3 is 2.33 bits per heavy atom. The van der Waals surface area contributed by atoms with Crippen LogP contribution in [-0.2, 0) is 0 Å². The molecule has 0 bridgehead atoms. The second kappa shape index (κ2) is 4.95. The normalized spacial score (nSPS) is 14.0. The second-order valence-electron chi connectivity index (χ2n) is 4.37. The van der Waals surface area contributed by atoms with Crippen molar-refractivity contribution in [2.45, 2.75) is 32.6 Å². The fourth-order valence-electron chi connectivity index (χ4n) is 1.31. The smallest absolute Gasteiger partial charge is 0.0650 e. The minimum Gasteiger partial charge on any atom is -0.117 e. The van der Waals surface area contributed by atoms with Gasteiger partial charge in [-0.1, -0.05) is 50.0 Å². The lowest BCUT2D eigenvalue weighted by Crippen LogP contribution is -2.17. The molecule has 0 aliphatic heterocycles. The number of rotatable bonds is 3. The first-order chi connectivity index (χ1) is 6.88. The van der Waals surface area contributed by atoms with Crippen LogP contribution in [0.25, 0.3) is 0 Å². The largest absolute Gasteiger partial charge is 0.117 e. The Kier molecular flexibility index (Phi) is 4.34. The van der Waals surface area contributed by atoms with Crippen molar-refractivity contribution in [2.75, 3.05) is 0 Å². The highest BCUT2D eigenvalue weighted by atomic mass is 35.5. The third-order valence-electron chi connectivity index (χ3n) is 2.83. The first-order valence-electron chi connectivity index (χ1n) is 4.97. The molecular formula is C12H15Cl3. The lowest BCUT2D eigenvalue weighted by Gasteiger charge is -2.29. The van der Waals surface area contributed by atoms with Crippen molar-refractivity contribution >= 4 is 34.8 Å². The van der Waals surface area contributed by atoms with Crippen molar-refractivity contribution in [3.63, 3.8) is 0 Å². The molecule has 0 N–H and O–H groups in total. The Labute approximate surface area is 107 Å². The lowest BCUT2D eigenvalue weighted by molar-refractivity contribution is 0.336. The number of alkyl halides is 1. The van der Waals surface area contributed by atoms with E-state index >= 15 is 0 Å². The van der Waals surface area contributed by atoms with Crippen molar-refractivity contribution in [2.24, 2.45) is 5.41 Å². The fourth-order valence-corrected chi connectivity index (χ4v) is 2.23. The van der Waals surface area contributed by atoms with Gasteiger partial charge in [0.1, 0.15) is 0 Å². The molecule has 0 radical (unpaired) electrons. The highest BCUT2D eigenvalue weighted by Crippen LogP contribution is 2.44. The third kappa shape index (κ3) is 3.03. The zero-order chi connectivity index (χ0) is 11.6. The molecule has 0 saturated heterocycles. The summed E-state index contributed by atoms with van der Waals surface area (Å²) < 4.78 is 0. The summed E-state index contributed by atoms with van der Waals surface area (Å²) in [7, 11) is 0. The van der Waals surface area contributed by atoms with Crippen molar-refractivity contribution in [3.8, 4) is 0 Å². The maximum Gasteiger partial charge on any atom is 0.0650 e. The van der Waals surface area contributed by atoms with Gasteiger partial charge in [-0.15, -0.1) is 11.6 Å². The van der Waals surface area contributed by atoms with Crippen molar-refractivity contribution in [3.05, 3.63) is 33.8 Å². The van der Waals surface area contributed by atoms with E-state index in [1.54, 1.807) is 6.07 Å². The molecule has 0 fully saturated rings. The van der Waals surface area contributed by atoms with Gasteiger partial charge in [-0.05, 0) is 29.5 Å². The number of hydrogen-bond acceptors (Lipinski definition) is 0. The van der Waals surface area contributed by atoms with E-state index in [1.807, 2.05) is 12.1 Å². The van der Waals surface area contributed by atoms with Gasteiger partial charge in [0, 0.05) is 10.0 Å². The minimum atomic E-state index is -0.0905. The van der Waals surface area contributed by atoms with Gasteiger partial charge in [-0.25, -0.2) is 0 Å². The lowest BCUT2D eigenvalue weighted by atomic mass is 9.83. The van der Waals surface area contributed by atoms with Gasteiger partial charge < -0.3 is 0 Å². The molecule has 0 saturated carbocycles. The average molecular weight is 266 g/mol. The van der Waals surface area contributed by atoms with Crippen LogP contribution in [0, 0.1) is 5.41 Å². The average Bonchev–Trinajstić information content (AvgIpc) is 2.17. The standard InChI is InChI=1S/C12H15Cl3/c1-4-12(2,3)11(15)9-6-5-8(13)7-10(9)14/h5-7,11H,4H2,1-3H3. The molecule has 3 heteroatoms. The summed E-state index contributed by atoms with van der Waals surface area (Å²) in [6.45, 7) is 6.39. The van der Waals surface area contributed by atoms with Crippen LogP contribution in [0.4, 0.5) is 0 Å². The maximum absolute atomic E-state index is 6.43. The topological polar surface area (TPSA) is 0 Å². The molecule has 1 atom stereocenters. The summed E-state index contributed by atoms with van der Waals surface area (Å²) in [5.41, 5.74) is 0.980. The Balaban J connectivity index is 3.06. The van der Waals surface area contributed by atoms with Crippen LogP contribution in [0.15, 0.2) is 18.2 Å². The van der Waals surface area contributed by atoms with E-state index < -0.39 is 0 Å². The summed E-state index contributed by atoms with van der Waals surface area (Å²) >= 11 is 18.4. The van der Waals surface area contributed by atoms with Crippen molar-refractivity contribution in [1.29, 1.82) is 0 Å². The molecule has 15 heavy (non-hydrogen) atoms. The predicted molar refractivity (Wildman–Crippen MR) is 69.1 cm³/mol. The van der Waals surface area contributed by atoms with Gasteiger partial charge in [-0.2, -0.15) is 0 Å². The van der Waals surface area contributed by atoms with Crippen LogP contribution >= 0.6 is 34.8 Å². The Hall–Kier alpha value is 0.0900. The van der Waals surface area contributed by atoms with Gasteiger partial charge in [0.15, 0.2) is 0 Å². The van der Waals surface area contributed by atoms with E-state index in [1.165, 1.54) is 0 Å². The van der Waals surface area contributed by atoms with Crippen molar-refractivity contribution in [1.82, 2.24) is 0 Å². The summed E-state index contributed by atoms with van der Waals surface area (Å²) in [4.78, 5) is 0. The maximum atomic E-state index is 6.43. The molecule has 0 aliphatic rings. The summed E-state index contributed by atoms with van der Waals surface area (Å²) in [6.07, 6.45) is 1.00. The minimum absolute atomic E-state index is 0.0268. The van der Waals surface area contributed by atoms with E-state index in [-0.39, 0.29) is 10.8 Å². The van der Waals surface area contributed by atoms with Crippen molar-refractivity contribution < 1.29 is 0 Å². The predicted octanol–water partition coefficient (Wildman–Crippen LogP) is 5.71. The Morgan fingerprint density at radius 1 is 1.27 bits per heavy atom. The molecule has 1 unspecified atom stereocenters. The number of hydrogen-bond donors (Lipinski definition) is 0. The van der Waals surface area contributed by atoms with Crippen LogP contribution in [-0.4, -0.2) is 0 Å². The second-order valence-corrected chi connectivity index (χ2v) is 5.65. The molecule has 0 heterocycles. The van der Waals surface area contributed by atoms with Crippen LogP contribution in [0.3, 0.4) is 0 Å². The fraction of sp³-hybridized carbons (Fsp3) is 0.500. The van der Waals surface area contributed by atoms with Gasteiger partial charge in [0.2, 0.25) is 0 Å². The molecule has 84 valence electrons. The van der Waals surface area contributed by atoms with Crippen LogP contribution in [0.2, 0.25) is 10.0 Å². The highest BCUT2D eigenvalue weighted by molar-refractivity contribution is 6.35. The Morgan fingerprint density at radius 2 is 1.87 bits per heavy atom. The SMILES string of the molecule is CCC(C)(C)C(Cl)c1ccc(Cl)cc1Cl. The summed E-state index contributed by atoms with van der Waals surface area (Å²) in [5.74, 6) is 0. The van der Waals surface area contributed by atoms with Gasteiger partial charge in [0.25, 0.3) is 0 Å². The summed E-state index contributed by atoms with van der Waals surface area (Å²) in [5, 5.41) is 1.19. The van der Waals surface area contributed by atoms with E-state index in [2.05, 4.69) is 20.8 Å². The number of halogens is 3. The first kappa shape index (κ1) is 13.2. The molecule has 1 aromatic rings. The van der Waals surface area contributed by atoms with Crippen LogP contribution < -0.4 is 0 Å². The molecule has 1 aromatic carbocycles. The van der Waals surface area contributed by atoms with E-state index in [4.69, 9.17) is 34.8 Å². The van der Waals surface area contributed by atoms with E-state index in [9.17, 15) is 0 Å². The van der Waals surface area contributed by atoms with Crippen LogP contribution in [0.1, 0.15) is 38.1 Å². The zero-order valence-electron chi connectivity index (χ0n) is 9.15. The molecule has 0 spiro atoms. The quantitative estimate of drug-likeness (QED) is 0.614. The van der Waals surface area contributed by atoms with Gasteiger partial charge in [0.05, 0.1) is 5.38 Å². The first-order valence-corrected chi connectivity index (χ1v) is 6.16. The number of benzene rings is 1. The Bertz CT molecular complexity index is 345. The summed E-state index contributed by atoms with van der Waals surface area (Å²) in [6, 6.07) is 5.46. The molecule has 0 nitrogen and oxygen atoms in total. The highest BCUT2D eigenvalue weighted by Gasteiger charge is 2.28.